The maximum Gasteiger partial charge on any atom is 0.279 e. The minimum Gasteiger partial charge on any atom is -0.195 e. The minimum atomic E-state index is -3.27. The Morgan fingerprint density at radius 1 is 1.60 bits per heavy atom. The Kier molecular flexibility index (Phi) is 3.18. The largest absolute Gasteiger partial charge is 0.279 e. The summed E-state index contributed by atoms with van der Waals surface area (Å²) in [5.74, 6) is 0. The predicted octanol–water partition coefficient (Wildman–Crippen LogP) is 1.72. The van der Waals surface area contributed by atoms with Crippen LogP contribution in [0.2, 0.25) is 0 Å². The summed E-state index contributed by atoms with van der Waals surface area (Å²) < 4.78 is 28.2. The topological polar surface area (TPSA) is 49.4 Å². The summed E-state index contributed by atoms with van der Waals surface area (Å²) in [7, 11) is -1.69. The fourth-order valence-corrected chi connectivity index (χ4v) is 4.19. The van der Waals surface area contributed by atoms with Crippen molar-refractivity contribution in [2.45, 2.75) is 12.5 Å². The first-order valence-corrected chi connectivity index (χ1v) is 7.53. The number of thiophene rings is 1. The Morgan fingerprint density at radius 3 is 2.87 bits per heavy atom. The van der Waals surface area contributed by atoms with Crippen LogP contribution in [0.5, 0.6) is 0 Å². The molecule has 0 spiro atoms. The SMILES string of the molecule is CN1CC[C@@H](c2ccc(Br)s2)NS1(=O)=O. The zero-order valence-corrected chi connectivity index (χ0v) is 11.3. The molecule has 0 amide bonds. The van der Waals surface area contributed by atoms with E-state index in [1.165, 1.54) is 4.31 Å². The summed E-state index contributed by atoms with van der Waals surface area (Å²) in [5.41, 5.74) is 0. The van der Waals surface area contributed by atoms with Crippen molar-refractivity contribution in [3.8, 4) is 0 Å². The Hall–Kier alpha value is 0.0500. The molecule has 1 aliphatic heterocycles. The van der Waals surface area contributed by atoms with Gasteiger partial charge in [-0.2, -0.15) is 17.4 Å². The molecule has 0 saturated carbocycles. The highest BCUT2D eigenvalue weighted by molar-refractivity contribution is 9.11. The lowest BCUT2D eigenvalue weighted by Gasteiger charge is -2.29. The third-order valence-corrected chi connectivity index (χ3v) is 5.69. The normalized spacial score (nSPS) is 26.7. The molecule has 0 unspecified atom stereocenters. The molecular weight excluding hydrogens is 300 g/mol. The number of rotatable bonds is 1. The highest BCUT2D eigenvalue weighted by Gasteiger charge is 2.29. The van der Waals surface area contributed by atoms with Crippen LogP contribution >= 0.6 is 27.3 Å². The Morgan fingerprint density at radius 2 is 2.33 bits per heavy atom. The van der Waals surface area contributed by atoms with E-state index in [2.05, 4.69) is 20.7 Å². The van der Waals surface area contributed by atoms with Gasteiger partial charge in [-0.15, -0.1) is 11.3 Å². The number of hydrogen-bond donors (Lipinski definition) is 1. The first kappa shape index (κ1) is 11.5. The molecule has 15 heavy (non-hydrogen) atoms. The average Bonchev–Trinajstić information content (AvgIpc) is 2.57. The second-order valence-corrected chi connectivity index (χ2v) is 7.73. The molecule has 4 nitrogen and oxygen atoms in total. The second-order valence-electron chi connectivity index (χ2n) is 3.43. The molecule has 7 heteroatoms. The smallest absolute Gasteiger partial charge is 0.195 e. The van der Waals surface area contributed by atoms with E-state index in [1.807, 2.05) is 12.1 Å². The molecule has 0 radical (unpaired) electrons. The number of halogens is 1. The fraction of sp³-hybridized carbons (Fsp3) is 0.500. The Bertz CT molecular complexity index is 457. The summed E-state index contributed by atoms with van der Waals surface area (Å²) in [6, 6.07) is 3.81. The van der Waals surface area contributed by atoms with Gasteiger partial charge in [0.05, 0.1) is 9.83 Å². The van der Waals surface area contributed by atoms with Crippen molar-refractivity contribution >= 4 is 37.5 Å². The summed E-state index contributed by atoms with van der Waals surface area (Å²) in [4.78, 5) is 1.05. The lowest BCUT2D eigenvalue weighted by molar-refractivity contribution is 0.384. The van der Waals surface area contributed by atoms with Crippen LogP contribution in [0.3, 0.4) is 0 Å². The fourth-order valence-electron chi connectivity index (χ4n) is 1.48. The molecule has 1 atom stereocenters. The van der Waals surface area contributed by atoms with Crippen LogP contribution in [0.15, 0.2) is 15.9 Å². The first-order valence-electron chi connectivity index (χ1n) is 4.48. The van der Waals surface area contributed by atoms with Crippen LogP contribution in [0, 0.1) is 0 Å². The molecule has 0 aliphatic carbocycles. The summed E-state index contributed by atoms with van der Waals surface area (Å²) >= 11 is 4.94. The van der Waals surface area contributed by atoms with Crippen LogP contribution in [0.4, 0.5) is 0 Å². The van der Waals surface area contributed by atoms with E-state index in [4.69, 9.17) is 0 Å². The molecular formula is C8H11BrN2O2S2. The van der Waals surface area contributed by atoms with Crippen molar-refractivity contribution < 1.29 is 8.42 Å². The van der Waals surface area contributed by atoms with Gasteiger partial charge in [0.2, 0.25) is 0 Å². The quantitative estimate of drug-likeness (QED) is 0.858. The van der Waals surface area contributed by atoms with Gasteiger partial charge >= 0.3 is 0 Å². The molecule has 1 fully saturated rings. The molecule has 1 aromatic heterocycles. The molecule has 1 saturated heterocycles. The molecule has 0 aromatic carbocycles. The minimum absolute atomic E-state index is 0.0810. The van der Waals surface area contributed by atoms with E-state index in [-0.39, 0.29) is 6.04 Å². The van der Waals surface area contributed by atoms with E-state index in [0.29, 0.717) is 6.54 Å². The van der Waals surface area contributed by atoms with Crippen LogP contribution in [-0.4, -0.2) is 26.3 Å². The molecule has 84 valence electrons. The van der Waals surface area contributed by atoms with E-state index in [9.17, 15) is 8.42 Å². The van der Waals surface area contributed by atoms with Crippen molar-refractivity contribution in [1.29, 1.82) is 0 Å². The average molecular weight is 311 g/mol. The third kappa shape index (κ3) is 2.42. The number of nitrogens with zero attached hydrogens (tertiary/aromatic N) is 1. The molecule has 2 rings (SSSR count). The van der Waals surface area contributed by atoms with Crippen molar-refractivity contribution in [2.75, 3.05) is 13.6 Å². The maximum absolute atomic E-state index is 11.6. The summed E-state index contributed by atoms with van der Waals surface area (Å²) in [6.45, 7) is 0.565. The zero-order valence-electron chi connectivity index (χ0n) is 8.10. The number of nitrogens with one attached hydrogen (secondary N) is 1. The predicted molar refractivity (Wildman–Crippen MR) is 64.1 cm³/mol. The third-order valence-electron chi connectivity index (χ3n) is 2.37. The van der Waals surface area contributed by atoms with Gasteiger partial charge in [0.1, 0.15) is 0 Å². The summed E-state index contributed by atoms with van der Waals surface area (Å²) in [5, 5.41) is 0. The van der Waals surface area contributed by atoms with Gasteiger partial charge in [0, 0.05) is 18.5 Å². The lowest BCUT2D eigenvalue weighted by atomic mass is 10.2. The molecule has 0 bridgehead atoms. The van der Waals surface area contributed by atoms with Crippen LogP contribution < -0.4 is 4.72 Å². The van der Waals surface area contributed by atoms with Crippen molar-refractivity contribution in [1.82, 2.24) is 9.03 Å². The molecule has 1 N–H and O–H groups in total. The van der Waals surface area contributed by atoms with E-state index in [0.717, 1.165) is 15.1 Å². The lowest BCUT2D eigenvalue weighted by Crippen LogP contribution is -2.46. The maximum atomic E-state index is 11.6. The van der Waals surface area contributed by atoms with Gasteiger partial charge in [-0.1, -0.05) is 0 Å². The van der Waals surface area contributed by atoms with Gasteiger partial charge in [-0.3, -0.25) is 0 Å². The molecule has 1 aliphatic rings. The second kappa shape index (κ2) is 4.14. The van der Waals surface area contributed by atoms with Gasteiger partial charge in [-0.05, 0) is 34.5 Å². The highest BCUT2D eigenvalue weighted by atomic mass is 79.9. The standard InChI is InChI=1S/C8H11BrN2O2S2/c1-11-5-4-6(10-15(11,12)13)7-2-3-8(9)14-7/h2-3,6,10H,4-5H2,1H3/t6-/m0/s1. The molecule has 1 aromatic rings. The molecule has 2 heterocycles. The monoisotopic (exact) mass is 310 g/mol. The Balaban J connectivity index is 2.20. The van der Waals surface area contributed by atoms with E-state index in [1.54, 1.807) is 18.4 Å². The van der Waals surface area contributed by atoms with Crippen molar-refractivity contribution in [2.24, 2.45) is 0 Å². The highest BCUT2D eigenvalue weighted by Crippen LogP contribution is 2.31. The number of hydrogen-bond acceptors (Lipinski definition) is 3. The van der Waals surface area contributed by atoms with Gasteiger partial charge in [0.25, 0.3) is 10.2 Å². The van der Waals surface area contributed by atoms with Crippen molar-refractivity contribution in [3.63, 3.8) is 0 Å². The van der Waals surface area contributed by atoms with E-state index >= 15 is 0 Å². The van der Waals surface area contributed by atoms with E-state index < -0.39 is 10.2 Å². The van der Waals surface area contributed by atoms with Crippen LogP contribution in [0.25, 0.3) is 0 Å². The first-order chi connectivity index (χ1) is 6.99. The van der Waals surface area contributed by atoms with Gasteiger partial charge in [0.15, 0.2) is 0 Å². The van der Waals surface area contributed by atoms with Crippen LogP contribution in [-0.2, 0) is 10.2 Å². The van der Waals surface area contributed by atoms with Crippen LogP contribution in [0.1, 0.15) is 17.3 Å². The summed E-state index contributed by atoms with van der Waals surface area (Å²) in [6.07, 6.45) is 0.808. The van der Waals surface area contributed by atoms with Gasteiger partial charge in [-0.25, -0.2) is 0 Å². The zero-order chi connectivity index (χ0) is 11.1. The van der Waals surface area contributed by atoms with Gasteiger partial charge < -0.3 is 0 Å². The van der Waals surface area contributed by atoms with Crippen molar-refractivity contribution in [3.05, 3.63) is 20.8 Å². The Labute approximate surface area is 102 Å².